The van der Waals surface area contributed by atoms with E-state index >= 15 is 0 Å². The first kappa shape index (κ1) is 12.9. The molecule has 1 aromatic heterocycles. The van der Waals surface area contributed by atoms with E-state index < -0.39 is 0 Å². The first-order valence-electron chi connectivity index (χ1n) is 7.06. The zero-order valence-electron chi connectivity index (χ0n) is 11.0. The number of hydrogen-bond acceptors (Lipinski definition) is 5. The summed E-state index contributed by atoms with van der Waals surface area (Å²) in [6.07, 6.45) is 5.30. The summed E-state index contributed by atoms with van der Waals surface area (Å²) >= 11 is 3.32. The van der Waals surface area contributed by atoms with Crippen molar-refractivity contribution in [3.05, 3.63) is 5.69 Å². The Morgan fingerprint density at radius 1 is 1.39 bits per heavy atom. The fourth-order valence-corrected chi connectivity index (χ4v) is 5.01. The summed E-state index contributed by atoms with van der Waals surface area (Å²) in [5, 5.41) is 1.23. The Morgan fingerprint density at radius 3 is 3.17 bits per heavy atom. The van der Waals surface area contributed by atoms with Gasteiger partial charge in [0.15, 0.2) is 0 Å². The molecule has 3 heterocycles. The lowest BCUT2D eigenvalue weighted by Crippen LogP contribution is -2.25. The Balaban J connectivity index is 1.70. The molecule has 18 heavy (non-hydrogen) atoms. The van der Waals surface area contributed by atoms with E-state index in [0.717, 1.165) is 5.92 Å². The maximum atomic E-state index is 4.62. The van der Waals surface area contributed by atoms with Crippen LogP contribution in [0.25, 0.3) is 0 Å². The molecule has 0 spiro atoms. The highest BCUT2D eigenvalue weighted by Gasteiger charge is 2.38. The summed E-state index contributed by atoms with van der Waals surface area (Å²) in [5.74, 6) is 2.69. The van der Waals surface area contributed by atoms with Crippen LogP contribution in [-0.4, -0.2) is 39.0 Å². The third-order valence-electron chi connectivity index (χ3n) is 4.14. The topological polar surface area (TPSA) is 29.0 Å². The van der Waals surface area contributed by atoms with Crippen LogP contribution in [0.15, 0.2) is 5.03 Å². The summed E-state index contributed by atoms with van der Waals surface area (Å²) in [6.45, 7) is 6.05. The summed E-state index contributed by atoms with van der Waals surface area (Å²) in [7, 11) is 0. The lowest BCUT2D eigenvalue weighted by atomic mass is 9.89. The van der Waals surface area contributed by atoms with Crippen LogP contribution in [0.4, 0.5) is 0 Å². The zero-order chi connectivity index (χ0) is 12.4. The number of aromatic nitrogens is 2. The van der Waals surface area contributed by atoms with E-state index in [9.17, 15) is 0 Å². The third kappa shape index (κ3) is 2.58. The van der Waals surface area contributed by atoms with Crippen LogP contribution < -0.4 is 0 Å². The highest BCUT2D eigenvalue weighted by Crippen LogP contribution is 2.41. The lowest BCUT2D eigenvalue weighted by Gasteiger charge is -2.21. The predicted molar refractivity (Wildman–Crippen MR) is 77.4 cm³/mol. The van der Waals surface area contributed by atoms with Crippen molar-refractivity contribution in [2.45, 2.75) is 43.6 Å². The third-order valence-corrected chi connectivity index (χ3v) is 5.86. The maximum Gasteiger partial charge on any atom is 0.134 e. The Hall–Kier alpha value is -0.130. The fourth-order valence-electron chi connectivity index (χ4n) is 3.15. The first-order valence-corrected chi connectivity index (χ1v) is 8.77. The molecule has 5 heteroatoms. The monoisotopic (exact) mass is 283 g/mol. The molecule has 100 valence electrons. The molecule has 0 aliphatic carbocycles. The SMILES string of the molecule is CCCCSc1nsnc1C1CN2CCC[C@H]1C2. The van der Waals surface area contributed by atoms with Crippen molar-refractivity contribution < 1.29 is 0 Å². The molecular weight excluding hydrogens is 262 g/mol. The van der Waals surface area contributed by atoms with Crippen LogP contribution in [0.5, 0.6) is 0 Å². The largest absolute Gasteiger partial charge is 0.302 e. The minimum atomic E-state index is 0.662. The van der Waals surface area contributed by atoms with Gasteiger partial charge in [-0.1, -0.05) is 13.3 Å². The molecule has 2 fully saturated rings. The van der Waals surface area contributed by atoms with Gasteiger partial charge in [-0.2, -0.15) is 8.75 Å². The van der Waals surface area contributed by atoms with Crippen molar-refractivity contribution >= 4 is 23.5 Å². The molecular formula is C13H21N3S2. The molecule has 0 saturated carbocycles. The minimum Gasteiger partial charge on any atom is -0.302 e. The van der Waals surface area contributed by atoms with Crippen LogP contribution in [0.1, 0.15) is 44.2 Å². The fraction of sp³-hybridized carbons (Fsp3) is 0.846. The van der Waals surface area contributed by atoms with Gasteiger partial charge in [-0.3, -0.25) is 0 Å². The number of fused-ring (bicyclic) bond motifs is 2. The second kappa shape index (κ2) is 5.88. The van der Waals surface area contributed by atoms with Gasteiger partial charge in [-0.05, 0) is 37.5 Å². The summed E-state index contributed by atoms with van der Waals surface area (Å²) in [5.41, 5.74) is 1.32. The molecule has 3 rings (SSSR count). The summed E-state index contributed by atoms with van der Waals surface area (Å²) in [4.78, 5) is 2.61. The quantitative estimate of drug-likeness (QED) is 0.613. The number of nitrogens with zero attached hydrogens (tertiary/aromatic N) is 3. The second-order valence-electron chi connectivity index (χ2n) is 5.43. The number of thioether (sulfide) groups is 1. The molecule has 0 aromatic carbocycles. The number of piperidine rings is 1. The minimum absolute atomic E-state index is 0.662. The van der Waals surface area contributed by atoms with E-state index in [4.69, 9.17) is 0 Å². The van der Waals surface area contributed by atoms with Crippen molar-refractivity contribution in [1.82, 2.24) is 13.6 Å². The Kier molecular flexibility index (Phi) is 4.21. The molecule has 1 aromatic rings. The molecule has 2 unspecified atom stereocenters. The van der Waals surface area contributed by atoms with Gasteiger partial charge in [0.2, 0.25) is 0 Å². The Morgan fingerprint density at radius 2 is 2.33 bits per heavy atom. The van der Waals surface area contributed by atoms with Crippen molar-refractivity contribution in [2.75, 3.05) is 25.4 Å². The van der Waals surface area contributed by atoms with Gasteiger partial charge in [-0.25, -0.2) is 0 Å². The first-order chi connectivity index (χ1) is 8.88. The van der Waals surface area contributed by atoms with E-state index in [1.165, 1.54) is 73.5 Å². The summed E-state index contributed by atoms with van der Waals surface area (Å²) in [6, 6.07) is 0. The Bertz CT molecular complexity index is 393. The van der Waals surface area contributed by atoms with Crippen LogP contribution in [0.2, 0.25) is 0 Å². The van der Waals surface area contributed by atoms with E-state index in [2.05, 4.69) is 20.6 Å². The van der Waals surface area contributed by atoms with Crippen LogP contribution in [-0.2, 0) is 0 Å². The molecule has 2 bridgehead atoms. The van der Waals surface area contributed by atoms with Gasteiger partial charge in [0.25, 0.3) is 0 Å². The average molecular weight is 283 g/mol. The van der Waals surface area contributed by atoms with Gasteiger partial charge < -0.3 is 4.90 Å². The molecule has 2 aliphatic heterocycles. The van der Waals surface area contributed by atoms with Crippen molar-refractivity contribution in [1.29, 1.82) is 0 Å². The molecule has 2 aliphatic rings. The molecule has 3 atom stereocenters. The van der Waals surface area contributed by atoms with E-state index in [1.807, 2.05) is 11.8 Å². The van der Waals surface area contributed by atoms with Gasteiger partial charge in [0.1, 0.15) is 5.03 Å². The molecule has 0 amide bonds. The van der Waals surface area contributed by atoms with E-state index in [-0.39, 0.29) is 0 Å². The highest BCUT2D eigenvalue weighted by molar-refractivity contribution is 7.99. The molecule has 3 nitrogen and oxygen atoms in total. The van der Waals surface area contributed by atoms with Gasteiger partial charge in [-0.15, -0.1) is 11.8 Å². The van der Waals surface area contributed by atoms with Crippen LogP contribution in [0, 0.1) is 5.92 Å². The van der Waals surface area contributed by atoms with Crippen molar-refractivity contribution in [3.63, 3.8) is 0 Å². The van der Waals surface area contributed by atoms with Crippen LogP contribution >= 0.6 is 23.5 Å². The van der Waals surface area contributed by atoms with Gasteiger partial charge >= 0.3 is 0 Å². The smallest absolute Gasteiger partial charge is 0.134 e. The number of rotatable bonds is 5. The number of unbranched alkanes of at least 4 members (excludes halogenated alkanes) is 1. The normalized spacial score (nSPS) is 30.8. The van der Waals surface area contributed by atoms with Gasteiger partial charge in [0.05, 0.1) is 17.4 Å². The summed E-state index contributed by atoms with van der Waals surface area (Å²) < 4.78 is 9.14. The number of hydrogen-bond donors (Lipinski definition) is 0. The molecule has 0 N–H and O–H groups in total. The van der Waals surface area contributed by atoms with Crippen molar-refractivity contribution in [2.24, 2.45) is 5.92 Å². The Labute approximate surface area is 118 Å². The van der Waals surface area contributed by atoms with E-state index in [0.29, 0.717) is 5.92 Å². The van der Waals surface area contributed by atoms with Crippen LogP contribution in [0.3, 0.4) is 0 Å². The van der Waals surface area contributed by atoms with E-state index in [1.54, 1.807) is 0 Å². The highest BCUT2D eigenvalue weighted by atomic mass is 32.2. The standard InChI is InChI=1S/C13H21N3S2/c1-2-3-7-17-13-12(14-18-15-13)11-9-16-6-4-5-10(11)8-16/h10-11H,2-9H2,1H3/t10-,11?/m0/s1. The molecule has 0 radical (unpaired) electrons. The maximum absolute atomic E-state index is 4.62. The average Bonchev–Trinajstić information content (AvgIpc) is 2.95. The predicted octanol–water partition coefficient (Wildman–Crippen LogP) is 3.24. The van der Waals surface area contributed by atoms with Gasteiger partial charge in [0, 0.05) is 19.0 Å². The lowest BCUT2D eigenvalue weighted by molar-refractivity contribution is 0.269. The van der Waals surface area contributed by atoms with Crippen molar-refractivity contribution in [3.8, 4) is 0 Å². The molecule has 2 saturated heterocycles. The zero-order valence-corrected chi connectivity index (χ0v) is 12.6. The second-order valence-corrected chi connectivity index (χ2v) is 7.04.